The second kappa shape index (κ2) is 7.55. The summed E-state index contributed by atoms with van der Waals surface area (Å²) in [6, 6.07) is 14.0. The molecule has 0 unspecified atom stereocenters. The molecule has 0 radical (unpaired) electrons. The standard InChI is InChI=1S/C19H21NO2/c1-4-15-10-11-17(20-13-15)12-18(14(2)19(21)22-3)16-8-6-5-7-9-16/h5-11,13,18H,2,4,12H2,1,3H3/t18-/m0/s1. The van der Waals surface area contributed by atoms with E-state index >= 15 is 0 Å². The summed E-state index contributed by atoms with van der Waals surface area (Å²) in [6.45, 7) is 6.03. The highest BCUT2D eigenvalue weighted by atomic mass is 16.5. The van der Waals surface area contributed by atoms with Crippen LogP contribution in [0.4, 0.5) is 0 Å². The first-order valence-electron chi connectivity index (χ1n) is 7.41. The van der Waals surface area contributed by atoms with Crippen molar-refractivity contribution in [2.24, 2.45) is 0 Å². The molecule has 0 aliphatic carbocycles. The molecule has 114 valence electrons. The number of pyridine rings is 1. The van der Waals surface area contributed by atoms with Gasteiger partial charge in [-0.3, -0.25) is 4.98 Å². The number of methoxy groups -OCH3 is 1. The van der Waals surface area contributed by atoms with Gasteiger partial charge in [-0.05, 0) is 23.6 Å². The molecule has 1 atom stereocenters. The number of hydrogen-bond donors (Lipinski definition) is 0. The van der Waals surface area contributed by atoms with E-state index in [0.29, 0.717) is 12.0 Å². The summed E-state index contributed by atoms with van der Waals surface area (Å²) in [6.07, 6.45) is 3.48. The van der Waals surface area contributed by atoms with E-state index in [1.165, 1.54) is 12.7 Å². The average Bonchev–Trinajstić information content (AvgIpc) is 2.59. The number of carbonyl (C=O) groups is 1. The zero-order valence-electron chi connectivity index (χ0n) is 13.1. The minimum absolute atomic E-state index is 0.131. The third kappa shape index (κ3) is 3.82. The van der Waals surface area contributed by atoms with E-state index in [-0.39, 0.29) is 11.9 Å². The highest BCUT2D eigenvalue weighted by molar-refractivity contribution is 5.89. The molecule has 0 aliphatic rings. The number of carbonyl (C=O) groups excluding carboxylic acids is 1. The quantitative estimate of drug-likeness (QED) is 0.602. The normalized spacial score (nSPS) is 11.7. The third-order valence-corrected chi connectivity index (χ3v) is 3.78. The monoisotopic (exact) mass is 295 g/mol. The van der Waals surface area contributed by atoms with Gasteiger partial charge in [-0.2, -0.15) is 0 Å². The van der Waals surface area contributed by atoms with Crippen LogP contribution in [0.2, 0.25) is 0 Å². The van der Waals surface area contributed by atoms with Crippen molar-refractivity contribution in [3.63, 3.8) is 0 Å². The molecule has 1 aromatic carbocycles. The molecule has 0 amide bonds. The van der Waals surface area contributed by atoms with Crippen molar-refractivity contribution in [3.8, 4) is 0 Å². The van der Waals surface area contributed by atoms with Crippen LogP contribution in [0.25, 0.3) is 0 Å². The molecule has 3 nitrogen and oxygen atoms in total. The maximum Gasteiger partial charge on any atom is 0.333 e. The van der Waals surface area contributed by atoms with E-state index < -0.39 is 0 Å². The molecule has 3 heteroatoms. The Bertz CT molecular complexity index is 632. The van der Waals surface area contributed by atoms with Crippen LogP contribution in [0.1, 0.15) is 29.7 Å². The van der Waals surface area contributed by atoms with Gasteiger partial charge in [0.2, 0.25) is 0 Å². The van der Waals surface area contributed by atoms with E-state index in [4.69, 9.17) is 4.74 Å². The zero-order chi connectivity index (χ0) is 15.9. The Morgan fingerprint density at radius 2 is 1.95 bits per heavy atom. The van der Waals surface area contributed by atoms with Crippen molar-refractivity contribution in [1.82, 2.24) is 4.98 Å². The lowest BCUT2D eigenvalue weighted by molar-refractivity contribution is -0.136. The van der Waals surface area contributed by atoms with Gasteiger partial charge in [-0.1, -0.05) is 49.9 Å². The number of esters is 1. The molecule has 1 heterocycles. The molecule has 2 rings (SSSR count). The van der Waals surface area contributed by atoms with Crippen LogP contribution in [0.3, 0.4) is 0 Å². The minimum atomic E-state index is -0.376. The molecule has 0 aliphatic heterocycles. The molecule has 0 spiro atoms. The molecular weight excluding hydrogens is 274 g/mol. The summed E-state index contributed by atoms with van der Waals surface area (Å²) >= 11 is 0. The summed E-state index contributed by atoms with van der Waals surface area (Å²) in [5.74, 6) is -0.507. The van der Waals surface area contributed by atoms with E-state index in [1.807, 2.05) is 42.6 Å². The van der Waals surface area contributed by atoms with Crippen LogP contribution in [0.15, 0.2) is 60.8 Å². The summed E-state index contributed by atoms with van der Waals surface area (Å²) in [7, 11) is 1.38. The molecule has 1 aromatic heterocycles. The molecule has 0 bridgehead atoms. The molecule has 22 heavy (non-hydrogen) atoms. The maximum absolute atomic E-state index is 11.9. The Morgan fingerprint density at radius 1 is 1.23 bits per heavy atom. The van der Waals surface area contributed by atoms with Crippen molar-refractivity contribution >= 4 is 5.97 Å². The number of nitrogens with zero attached hydrogens (tertiary/aromatic N) is 1. The van der Waals surface area contributed by atoms with Gasteiger partial charge in [0.05, 0.1) is 7.11 Å². The second-order valence-corrected chi connectivity index (χ2v) is 5.20. The van der Waals surface area contributed by atoms with Gasteiger partial charge in [0.15, 0.2) is 0 Å². The van der Waals surface area contributed by atoms with Gasteiger partial charge in [0.25, 0.3) is 0 Å². The van der Waals surface area contributed by atoms with Crippen LogP contribution in [-0.4, -0.2) is 18.1 Å². The third-order valence-electron chi connectivity index (χ3n) is 3.78. The fourth-order valence-corrected chi connectivity index (χ4v) is 2.40. The smallest absolute Gasteiger partial charge is 0.333 e. The fraction of sp³-hybridized carbons (Fsp3) is 0.263. The van der Waals surface area contributed by atoms with Crippen molar-refractivity contribution < 1.29 is 9.53 Å². The summed E-state index contributed by atoms with van der Waals surface area (Å²) < 4.78 is 4.83. The predicted molar refractivity (Wildman–Crippen MR) is 87.7 cm³/mol. The van der Waals surface area contributed by atoms with Crippen molar-refractivity contribution in [3.05, 3.63) is 77.6 Å². The largest absolute Gasteiger partial charge is 0.466 e. The van der Waals surface area contributed by atoms with Crippen LogP contribution in [0.5, 0.6) is 0 Å². The van der Waals surface area contributed by atoms with Gasteiger partial charge in [0.1, 0.15) is 0 Å². The van der Waals surface area contributed by atoms with Gasteiger partial charge >= 0.3 is 5.97 Å². The molecule has 0 fully saturated rings. The van der Waals surface area contributed by atoms with Crippen LogP contribution in [0, 0.1) is 0 Å². The number of aromatic nitrogens is 1. The summed E-state index contributed by atoms with van der Waals surface area (Å²) in [5.41, 5.74) is 3.64. The maximum atomic E-state index is 11.9. The van der Waals surface area contributed by atoms with Crippen molar-refractivity contribution in [1.29, 1.82) is 0 Å². The topological polar surface area (TPSA) is 39.2 Å². The van der Waals surface area contributed by atoms with Crippen molar-refractivity contribution in [2.45, 2.75) is 25.7 Å². The first-order valence-corrected chi connectivity index (χ1v) is 7.41. The molecule has 2 aromatic rings. The van der Waals surface area contributed by atoms with Crippen LogP contribution in [-0.2, 0) is 22.4 Å². The van der Waals surface area contributed by atoms with Crippen molar-refractivity contribution in [2.75, 3.05) is 7.11 Å². The highest BCUT2D eigenvalue weighted by Gasteiger charge is 2.22. The van der Waals surface area contributed by atoms with Gasteiger partial charge in [0, 0.05) is 29.8 Å². The number of rotatable bonds is 6. The minimum Gasteiger partial charge on any atom is -0.466 e. The first kappa shape index (κ1) is 16.0. The lowest BCUT2D eigenvalue weighted by Gasteiger charge is -2.18. The first-order chi connectivity index (χ1) is 10.7. The van der Waals surface area contributed by atoms with Gasteiger partial charge in [-0.25, -0.2) is 4.79 Å². The fourth-order valence-electron chi connectivity index (χ4n) is 2.40. The number of aryl methyl sites for hydroxylation is 1. The van der Waals surface area contributed by atoms with Gasteiger partial charge in [-0.15, -0.1) is 0 Å². The highest BCUT2D eigenvalue weighted by Crippen LogP contribution is 2.27. The zero-order valence-corrected chi connectivity index (χ0v) is 13.1. The summed E-state index contributed by atoms with van der Waals surface area (Å²) in [4.78, 5) is 16.4. The number of ether oxygens (including phenoxy) is 1. The lowest BCUT2D eigenvalue weighted by Crippen LogP contribution is -2.15. The van der Waals surface area contributed by atoms with Crippen LogP contribution < -0.4 is 0 Å². The number of hydrogen-bond acceptors (Lipinski definition) is 3. The molecular formula is C19H21NO2. The van der Waals surface area contributed by atoms with E-state index in [1.54, 1.807) is 0 Å². The number of benzene rings is 1. The average molecular weight is 295 g/mol. The Kier molecular flexibility index (Phi) is 5.48. The van der Waals surface area contributed by atoms with Gasteiger partial charge < -0.3 is 4.74 Å². The van der Waals surface area contributed by atoms with E-state index in [0.717, 1.165) is 17.7 Å². The van der Waals surface area contributed by atoms with E-state index in [2.05, 4.69) is 24.6 Å². The second-order valence-electron chi connectivity index (χ2n) is 5.20. The van der Waals surface area contributed by atoms with E-state index in [9.17, 15) is 4.79 Å². The molecule has 0 saturated carbocycles. The predicted octanol–water partition coefficient (Wildman–Crippen LogP) is 3.70. The molecule has 0 saturated heterocycles. The Hall–Kier alpha value is -2.42. The van der Waals surface area contributed by atoms with Crippen LogP contribution >= 0.6 is 0 Å². The molecule has 0 N–H and O–H groups in total. The Morgan fingerprint density at radius 3 is 2.50 bits per heavy atom. The SMILES string of the molecule is C=C(C(=O)OC)[C@H](Cc1ccc(CC)cn1)c1ccccc1. The Labute approximate surface area is 131 Å². The summed E-state index contributed by atoms with van der Waals surface area (Å²) in [5, 5.41) is 0. The lowest BCUT2D eigenvalue weighted by atomic mass is 9.87. The Balaban J connectivity index is 2.27.